The van der Waals surface area contributed by atoms with Crippen molar-refractivity contribution in [3.05, 3.63) is 28.5 Å². The Morgan fingerprint density at radius 2 is 2.23 bits per heavy atom. The van der Waals surface area contributed by atoms with Gasteiger partial charge in [-0.25, -0.2) is 4.98 Å². The molecule has 2 rings (SSSR count). The highest BCUT2D eigenvalue weighted by Crippen LogP contribution is 2.30. The highest BCUT2D eigenvalue weighted by atomic mass is 35.5. The molecular formula is C9H9ClN2O. The summed E-state index contributed by atoms with van der Waals surface area (Å²) in [5.74, 6) is -0.0795. The van der Waals surface area contributed by atoms with Gasteiger partial charge in [0, 0.05) is 6.20 Å². The molecular weight excluding hydrogens is 188 g/mol. The van der Waals surface area contributed by atoms with Crippen LogP contribution in [0.5, 0.6) is 0 Å². The van der Waals surface area contributed by atoms with Crippen LogP contribution in [0, 0.1) is 0 Å². The van der Waals surface area contributed by atoms with E-state index in [4.69, 9.17) is 11.6 Å². The third-order valence-electron chi connectivity index (χ3n) is 2.21. The van der Waals surface area contributed by atoms with Crippen molar-refractivity contribution in [3.63, 3.8) is 0 Å². The lowest BCUT2D eigenvalue weighted by Gasteiger charge is -2.18. The number of hydrogen-bond donors (Lipinski definition) is 1. The zero-order valence-electron chi connectivity index (χ0n) is 7.39. The number of aromatic nitrogens is 1. The lowest BCUT2D eigenvalue weighted by molar-refractivity contribution is 0.0940. The van der Waals surface area contributed by atoms with E-state index in [1.807, 2.05) is 13.8 Å². The van der Waals surface area contributed by atoms with Crippen LogP contribution in [0.2, 0.25) is 5.15 Å². The molecule has 0 atom stereocenters. The first kappa shape index (κ1) is 8.51. The number of amides is 1. The van der Waals surface area contributed by atoms with Crippen molar-refractivity contribution < 1.29 is 4.79 Å². The minimum absolute atomic E-state index is 0.0795. The fraction of sp³-hybridized carbons (Fsp3) is 0.333. The third kappa shape index (κ3) is 1.20. The first-order valence-electron chi connectivity index (χ1n) is 3.99. The highest BCUT2D eigenvalue weighted by Gasteiger charge is 2.35. The van der Waals surface area contributed by atoms with E-state index in [1.54, 1.807) is 6.07 Å². The Morgan fingerprint density at radius 3 is 2.92 bits per heavy atom. The van der Waals surface area contributed by atoms with Gasteiger partial charge in [0.15, 0.2) is 0 Å². The smallest absolute Gasteiger partial charge is 0.253 e. The van der Waals surface area contributed by atoms with Crippen LogP contribution < -0.4 is 5.32 Å². The number of halogens is 1. The van der Waals surface area contributed by atoms with Crippen LogP contribution in [0.25, 0.3) is 0 Å². The summed E-state index contributed by atoms with van der Waals surface area (Å²) < 4.78 is 0. The maximum atomic E-state index is 11.4. The molecule has 0 spiro atoms. The van der Waals surface area contributed by atoms with Gasteiger partial charge >= 0.3 is 0 Å². The van der Waals surface area contributed by atoms with Crippen molar-refractivity contribution in [2.24, 2.45) is 0 Å². The van der Waals surface area contributed by atoms with Crippen LogP contribution in [0.1, 0.15) is 29.8 Å². The number of nitrogens with zero attached hydrogens (tertiary/aromatic N) is 1. The number of carbonyl (C=O) groups is 1. The predicted molar refractivity (Wildman–Crippen MR) is 49.7 cm³/mol. The van der Waals surface area contributed by atoms with Crippen molar-refractivity contribution in [1.82, 2.24) is 10.3 Å². The second-order valence-corrected chi connectivity index (χ2v) is 4.02. The summed E-state index contributed by atoms with van der Waals surface area (Å²) in [7, 11) is 0. The van der Waals surface area contributed by atoms with Gasteiger partial charge in [-0.15, -0.1) is 0 Å². The Labute approximate surface area is 81.1 Å². The normalized spacial score (nSPS) is 18.2. The highest BCUT2D eigenvalue weighted by molar-refractivity contribution is 6.29. The largest absolute Gasteiger partial charge is 0.343 e. The van der Waals surface area contributed by atoms with E-state index < -0.39 is 0 Å². The van der Waals surface area contributed by atoms with Crippen molar-refractivity contribution in [1.29, 1.82) is 0 Å². The Balaban J connectivity index is 2.66. The summed E-state index contributed by atoms with van der Waals surface area (Å²) in [5.41, 5.74) is 1.20. The second kappa shape index (κ2) is 2.45. The molecule has 4 heteroatoms. The molecule has 68 valence electrons. The first-order valence-corrected chi connectivity index (χ1v) is 4.37. The molecule has 1 aromatic rings. The first-order chi connectivity index (χ1) is 6.00. The van der Waals surface area contributed by atoms with Gasteiger partial charge in [-0.3, -0.25) is 4.79 Å². The van der Waals surface area contributed by atoms with Crippen LogP contribution in [0.4, 0.5) is 0 Å². The van der Waals surface area contributed by atoms with Crippen LogP contribution in [0.15, 0.2) is 12.3 Å². The van der Waals surface area contributed by atoms with Gasteiger partial charge in [-0.1, -0.05) is 11.6 Å². The van der Waals surface area contributed by atoms with Crippen LogP contribution in [-0.4, -0.2) is 10.9 Å². The van der Waals surface area contributed by atoms with Gasteiger partial charge in [-0.05, 0) is 25.5 Å². The summed E-state index contributed by atoms with van der Waals surface area (Å²) in [6.07, 6.45) is 1.52. The van der Waals surface area contributed by atoms with Crippen molar-refractivity contribution >= 4 is 17.5 Å². The quantitative estimate of drug-likeness (QED) is 0.642. The fourth-order valence-corrected chi connectivity index (χ4v) is 1.70. The molecule has 2 heterocycles. The van der Waals surface area contributed by atoms with E-state index in [1.165, 1.54) is 6.20 Å². The predicted octanol–water partition coefficient (Wildman–Crippen LogP) is 1.71. The van der Waals surface area contributed by atoms with Crippen molar-refractivity contribution in [2.75, 3.05) is 0 Å². The monoisotopic (exact) mass is 196 g/mol. The van der Waals surface area contributed by atoms with E-state index in [9.17, 15) is 4.79 Å². The molecule has 1 N–H and O–H groups in total. The summed E-state index contributed by atoms with van der Waals surface area (Å²) in [4.78, 5) is 15.3. The summed E-state index contributed by atoms with van der Waals surface area (Å²) >= 11 is 5.75. The molecule has 0 fully saturated rings. The number of carbonyl (C=O) groups excluding carboxylic acids is 1. The molecule has 1 aromatic heterocycles. The Morgan fingerprint density at radius 1 is 1.54 bits per heavy atom. The molecule has 3 nitrogen and oxygen atoms in total. The molecule has 13 heavy (non-hydrogen) atoms. The molecule has 0 unspecified atom stereocenters. The molecule has 0 saturated heterocycles. The lowest BCUT2D eigenvalue weighted by Crippen LogP contribution is -2.32. The number of nitrogens with one attached hydrogen (secondary N) is 1. The van der Waals surface area contributed by atoms with Crippen LogP contribution in [-0.2, 0) is 5.54 Å². The van der Waals surface area contributed by atoms with Crippen LogP contribution >= 0.6 is 11.6 Å². The van der Waals surface area contributed by atoms with Gasteiger partial charge in [0.1, 0.15) is 5.15 Å². The van der Waals surface area contributed by atoms with E-state index in [0.717, 1.165) is 5.56 Å². The second-order valence-electron chi connectivity index (χ2n) is 3.63. The van der Waals surface area contributed by atoms with Gasteiger partial charge in [0.25, 0.3) is 5.91 Å². The van der Waals surface area contributed by atoms with E-state index >= 15 is 0 Å². The molecule has 1 amide bonds. The van der Waals surface area contributed by atoms with Crippen molar-refractivity contribution in [2.45, 2.75) is 19.4 Å². The Bertz CT molecular complexity index is 387. The number of rotatable bonds is 0. The standard InChI is InChI=1S/C9H9ClN2O/c1-9(2)6-3-7(10)11-4-5(6)8(13)12-9/h3-4H,1-2H3,(H,12,13). The Hall–Kier alpha value is -1.09. The molecule has 0 bridgehead atoms. The summed E-state index contributed by atoms with van der Waals surface area (Å²) in [6.45, 7) is 3.88. The maximum Gasteiger partial charge on any atom is 0.253 e. The zero-order chi connectivity index (χ0) is 9.64. The molecule has 0 radical (unpaired) electrons. The van der Waals surface area contributed by atoms with Crippen molar-refractivity contribution in [3.8, 4) is 0 Å². The fourth-order valence-electron chi connectivity index (χ4n) is 1.55. The number of hydrogen-bond acceptors (Lipinski definition) is 2. The van der Waals surface area contributed by atoms with Gasteiger partial charge in [-0.2, -0.15) is 0 Å². The van der Waals surface area contributed by atoms with E-state index in [2.05, 4.69) is 10.3 Å². The number of pyridine rings is 1. The zero-order valence-corrected chi connectivity index (χ0v) is 8.14. The topological polar surface area (TPSA) is 42.0 Å². The van der Waals surface area contributed by atoms with Gasteiger partial charge in [0.2, 0.25) is 0 Å². The minimum atomic E-state index is -0.334. The van der Waals surface area contributed by atoms with Gasteiger partial charge < -0.3 is 5.32 Å². The minimum Gasteiger partial charge on any atom is -0.343 e. The third-order valence-corrected chi connectivity index (χ3v) is 2.42. The van der Waals surface area contributed by atoms with E-state index in [-0.39, 0.29) is 11.4 Å². The average molecular weight is 197 g/mol. The summed E-state index contributed by atoms with van der Waals surface area (Å²) in [6, 6.07) is 1.73. The molecule has 0 aromatic carbocycles. The van der Waals surface area contributed by atoms with E-state index in [0.29, 0.717) is 10.7 Å². The summed E-state index contributed by atoms with van der Waals surface area (Å²) in [5, 5.41) is 3.27. The Kier molecular flexibility index (Phi) is 1.60. The molecule has 0 aliphatic carbocycles. The molecule has 1 aliphatic rings. The SMILES string of the molecule is CC1(C)NC(=O)c2cnc(Cl)cc21. The van der Waals surface area contributed by atoms with Gasteiger partial charge in [0.05, 0.1) is 11.1 Å². The maximum absolute atomic E-state index is 11.4. The average Bonchev–Trinajstić information content (AvgIpc) is 2.23. The number of fused-ring (bicyclic) bond motifs is 1. The molecule has 1 aliphatic heterocycles. The lowest BCUT2D eigenvalue weighted by atomic mass is 9.96. The van der Waals surface area contributed by atoms with Crippen LogP contribution in [0.3, 0.4) is 0 Å². The molecule has 0 saturated carbocycles.